The zero-order chi connectivity index (χ0) is 22.3. The van der Waals surface area contributed by atoms with Gasteiger partial charge >= 0.3 is 6.18 Å². The zero-order valence-corrected chi connectivity index (χ0v) is 16.7. The first-order valence-corrected chi connectivity index (χ1v) is 9.20. The lowest BCUT2D eigenvalue weighted by Gasteiger charge is -2.39. The number of pyridine rings is 1. The second kappa shape index (κ2) is 7.46. The van der Waals surface area contributed by atoms with Gasteiger partial charge in [-0.25, -0.2) is 4.39 Å². The smallest absolute Gasteiger partial charge is 0.379 e. The Morgan fingerprint density at radius 2 is 1.77 bits per heavy atom. The maximum absolute atomic E-state index is 14.1. The first-order chi connectivity index (χ1) is 13.8. The van der Waals surface area contributed by atoms with Crippen LogP contribution in [0.3, 0.4) is 0 Å². The van der Waals surface area contributed by atoms with Gasteiger partial charge in [-0.05, 0) is 42.0 Å². The lowest BCUT2D eigenvalue weighted by Crippen LogP contribution is -2.52. The quantitative estimate of drug-likeness (QED) is 0.632. The van der Waals surface area contributed by atoms with Crippen molar-refractivity contribution in [2.75, 3.05) is 0 Å². The minimum atomic E-state index is -4.98. The molecule has 0 amide bonds. The average Bonchev–Trinajstić information content (AvgIpc) is 2.65. The Morgan fingerprint density at radius 3 is 2.43 bits per heavy atom. The van der Waals surface area contributed by atoms with E-state index in [1.807, 2.05) is 0 Å². The molecule has 0 aliphatic heterocycles. The molecule has 0 spiro atoms. The van der Waals surface area contributed by atoms with Gasteiger partial charge in [0, 0.05) is 12.3 Å². The zero-order valence-electron chi connectivity index (χ0n) is 16.7. The number of fused-ring (bicyclic) bond motifs is 1. The fraction of sp³-hybridized carbons (Fsp3) is 0.381. The van der Waals surface area contributed by atoms with Gasteiger partial charge in [0.05, 0.1) is 29.8 Å². The number of aliphatic hydroxyl groups is 1. The first-order valence-electron chi connectivity index (χ1n) is 9.20. The van der Waals surface area contributed by atoms with Crippen LogP contribution in [0.4, 0.5) is 17.6 Å². The number of halogens is 4. The third kappa shape index (κ3) is 4.07. The number of aryl methyl sites for hydroxylation is 1. The van der Waals surface area contributed by atoms with E-state index in [1.165, 1.54) is 50.6 Å². The largest absolute Gasteiger partial charge is 0.418 e. The van der Waals surface area contributed by atoms with Crippen LogP contribution >= 0.6 is 0 Å². The van der Waals surface area contributed by atoms with E-state index in [2.05, 4.69) is 10.2 Å². The molecule has 1 aromatic carbocycles. The van der Waals surface area contributed by atoms with Crippen molar-refractivity contribution >= 4 is 10.9 Å². The van der Waals surface area contributed by atoms with E-state index < -0.39 is 41.4 Å². The molecule has 3 rings (SSSR count). The summed E-state index contributed by atoms with van der Waals surface area (Å²) in [5.41, 5.74) is -3.65. The van der Waals surface area contributed by atoms with E-state index in [0.717, 1.165) is 10.6 Å². The van der Waals surface area contributed by atoms with Crippen molar-refractivity contribution in [3.8, 4) is 0 Å². The SMILES string of the molecule is Cc1ccc(F)cc1C(C)(C)CC(O)(Cn1ccc(=O)c2cnncc21)C(F)(F)F. The van der Waals surface area contributed by atoms with E-state index in [9.17, 15) is 27.5 Å². The molecule has 30 heavy (non-hydrogen) atoms. The molecule has 3 aromatic rings. The Hall–Kier alpha value is -2.81. The molecule has 5 nitrogen and oxygen atoms in total. The summed E-state index contributed by atoms with van der Waals surface area (Å²) in [5.74, 6) is -0.566. The molecule has 1 atom stereocenters. The summed E-state index contributed by atoms with van der Waals surface area (Å²) in [5, 5.41) is 18.2. The van der Waals surface area contributed by atoms with E-state index in [0.29, 0.717) is 11.1 Å². The summed E-state index contributed by atoms with van der Waals surface area (Å²) in [6.45, 7) is 3.87. The molecule has 0 radical (unpaired) electrons. The molecule has 0 fully saturated rings. The van der Waals surface area contributed by atoms with E-state index in [1.54, 1.807) is 6.92 Å². The summed E-state index contributed by atoms with van der Waals surface area (Å²) < 4.78 is 57.1. The number of benzene rings is 1. The monoisotopic (exact) mass is 423 g/mol. The molecule has 9 heteroatoms. The van der Waals surface area contributed by atoms with Crippen LogP contribution in [0, 0.1) is 12.7 Å². The highest BCUT2D eigenvalue weighted by molar-refractivity contribution is 5.76. The summed E-state index contributed by atoms with van der Waals surface area (Å²) >= 11 is 0. The van der Waals surface area contributed by atoms with Gasteiger partial charge in [0.15, 0.2) is 11.0 Å². The lowest BCUT2D eigenvalue weighted by atomic mass is 9.73. The Morgan fingerprint density at radius 1 is 1.10 bits per heavy atom. The number of alkyl halides is 3. The van der Waals surface area contributed by atoms with Crippen LogP contribution in [0.5, 0.6) is 0 Å². The molecular weight excluding hydrogens is 402 g/mol. The fourth-order valence-electron chi connectivity index (χ4n) is 3.88. The highest BCUT2D eigenvalue weighted by Crippen LogP contribution is 2.43. The number of hydrogen-bond donors (Lipinski definition) is 1. The number of hydrogen-bond acceptors (Lipinski definition) is 4. The molecule has 2 heterocycles. The van der Waals surface area contributed by atoms with Crippen LogP contribution in [-0.4, -0.2) is 31.6 Å². The summed E-state index contributed by atoms with van der Waals surface area (Å²) in [4.78, 5) is 12.0. The topological polar surface area (TPSA) is 68.0 Å². The molecule has 1 unspecified atom stereocenters. The van der Waals surface area contributed by atoms with Crippen LogP contribution in [0.1, 0.15) is 31.4 Å². The van der Waals surface area contributed by atoms with Gasteiger partial charge in [-0.2, -0.15) is 23.4 Å². The maximum atomic E-state index is 14.1. The maximum Gasteiger partial charge on any atom is 0.418 e. The third-order valence-corrected chi connectivity index (χ3v) is 5.31. The molecule has 0 bridgehead atoms. The highest BCUT2D eigenvalue weighted by Gasteiger charge is 2.56. The molecule has 0 saturated carbocycles. The molecule has 2 aromatic heterocycles. The van der Waals surface area contributed by atoms with Gasteiger partial charge in [0.25, 0.3) is 0 Å². The standard InChI is InChI=1S/C21H21F4N3O2/c1-13-4-5-14(22)8-16(13)19(2,3)11-20(30,21(23,24)25)12-28-7-6-18(29)15-9-26-27-10-17(15)28/h4-10,30H,11-12H2,1-3H3. The van der Waals surface area contributed by atoms with Crippen molar-refractivity contribution in [2.24, 2.45) is 0 Å². The third-order valence-electron chi connectivity index (χ3n) is 5.31. The van der Waals surface area contributed by atoms with Crippen molar-refractivity contribution in [1.29, 1.82) is 0 Å². The Labute approximate surface area is 170 Å². The molecular formula is C21H21F4N3O2. The van der Waals surface area contributed by atoms with Crippen LogP contribution in [-0.2, 0) is 12.0 Å². The van der Waals surface area contributed by atoms with E-state index in [4.69, 9.17) is 0 Å². The Bertz CT molecular complexity index is 1140. The van der Waals surface area contributed by atoms with Gasteiger partial charge in [-0.15, -0.1) is 0 Å². The summed E-state index contributed by atoms with van der Waals surface area (Å²) in [6, 6.07) is 5.03. The Kier molecular flexibility index (Phi) is 5.44. The van der Waals surface area contributed by atoms with Gasteiger partial charge in [0.1, 0.15) is 5.82 Å². The predicted octanol–water partition coefficient (Wildman–Crippen LogP) is 3.90. The van der Waals surface area contributed by atoms with Gasteiger partial charge in [0.2, 0.25) is 0 Å². The number of rotatable bonds is 5. The molecule has 160 valence electrons. The van der Waals surface area contributed by atoms with Gasteiger partial charge < -0.3 is 9.67 Å². The van der Waals surface area contributed by atoms with Crippen molar-refractivity contribution in [1.82, 2.24) is 14.8 Å². The van der Waals surface area contributed by atoms with E-state index >= 15 is 0 Å². The van der Waals surface area contributed by atoms with Crippen molar-refractivity contribution in [3.63, 3.8) is 0 Å². The highest BCUT2D eigenvalue weighted by atomic mass is 19.4. The fourth-order valence-corrected chi connectivity index (χ4v) is 3.88. The van der Waals surface area contributed by atoms with Crippen LogP contribution in [0.25, 0.3) is 10.9 Å². The van der Waals surface area contributed by atoms with Crippen LogP contribution in [0.15, 0.2) is 47.7 Å². The van der Waals surface area contributed by atoms with Crippen LogP contribution in [0.2, 0.25) is 0 Å². The van der Waals surface area contributed by atoms with Gasteiger partial charge in [-0.3, -0.25) is 4.79 Å². The molecule has 1 N–H and O–H groups in total. The molecule has 0 saturated heterocycles. The van der Waals surface area contributed by atoms with Crippen molar-refractivity contribution in [2.45, 2.75) is 50.9 Å². The Balaban J connectivity index is 2.07. The molecule has 0 aliphatic rings. The van der Waals surface area contributed by atoms with Crippen molar-refractivity contribution in [3.05, 3.63) is 70.0 Å². The second-order valence-electron chi connectivity index (χ2n) is 8.15. The number of nitrogens with zero attached hydrogens (tertiary/aromatic N) is 3. The minimum absolute atomic E-state index is 0.0947. The molecule has 0 aliphatic carbocycles. The number of aromatic nitrogens is 3. The van der Waals surface area contributed by atoms with Crippen molar-refractivity contribution < 1.29 is 22.7 Å². The predicted molar refractivity (Wildman–Crippen MR) is 104 cm³/mol. The average molecular weight is 423 g/mol. The van der Waals surface area contributed by atoms with E-state index in [-0.39, 0.29) is 10.9 Å². The normalized spacial score (nSPS) is 14.7. The first kappa shape index (κ1) is 21.9. The summed E-state index contributed by atoms with van der Waals surface area (Å²) in [7, 11) is 0. The van der Waals surface area contributed by atoms with Gasteiger partial charge in [-0.1, -0.05) is 19.9 Å². The minimum Gasteiger partial charge on any atom is -0.379 e. The second-order valence-corrected chi connectivity index (χ2v) is 8.15. The summed E-state index contributed by atoms with van der Waals surface area (Å²) in [6.07, 6.45) is -2.18. The van der Waals surface area contributed by atoms with Crippen LogP contribution < -0.4 is 5.43 Å². The lowest BCUT2D eigenvalue weighted by molar-refractivity contribution is -0.271.